The van der Waals surface area contributed by atoms with E-state index in [4.69, 9.17) is 21.1 Å². The fourth-order valence-corrected chi connectivity index (χ4v) is 4.19. The van der Waals surface area contributed by atoms with Gasteiger partial charge in [-0.25, -0.2) is 0 Å². The van der Waals surface area contributed by atoms with Crippen molar-refractivity contribution in [2.45, 2.75) is 25.0 Å². The summed E-state index contributed by atoms with van der Waals surface area (Å²) in [5.74, 6) is 1.50. The number of hydrogen-bond acceptors (Lipinski definition) is 4. The van der Waals surface area contributed by atoms with Crippen molar-refractivity contribution in [1.82, 2.24) is 4.90 Å². The van der Waals surface area contributed by atoms with Crippen LogP contribution in [0.2, 0.25) is 5.02 Å². The molecule has 4 rings (SSSR count). The number of fused-ring (bicyclic) bond motifs is 1. The number of halogens is 1. The van der Waals surface area contributed by atoms with Crippen LogP contribution in [0.1, 0.15) is 24.6 Å². The van der Waals surface area contributed by atoms with Gasteiger partial charge in [0.15, 0.2) is 0 Å². The first-order valence-electron chi connectivity index (χ1n) is 8.70. The Morgan fingerprint density at radius 1 is 1.12 bits per heavy atom. The molecule has 2 aliphatic heterocycles. The van der Waals surface area contributed by atoms with Gasteiger partial charge >= 0.3 is 0 Å². The number of nitrogens with zero attached hydrogens (tertiary/aromatic N) is 2. The molecule has 136 valence electrons. The Balaban J connectivity index is 1.85. The predicted octanol–water partition coefficient (Wildman–Crippen LogP) is 3.87. The van der Waals surface area contributed by atoms with Crippen LogP contribution in [0.3, 0.4) is 0 Å². The maximum Gasteiger partial charge on any atom is 0.246 e. The zero-order chi connectivity index (χ0) is 18.3. The van der Waals surface area contributed by atoms with Gasteiger partial charge in [-0.1, -0.05) is 23.7 Å². The Bertz CT molecular complexity index is 842. The minimum Gasteiger partial charge on any atom is -0.497 e. The van der Waals surface area contributed by atoms with Crippen LogP contribution in [0.4, 0.5) is 5.69 Å². The van der Waals surface area contributed by atoms with Gasteiger partial charge in [-0.05, 0) is 48.7 Å². The molecule has 2 heterocycles. The van der Waals surface area contributed by atoms with Gasteiger partial charge in [0.1, 0.15) is 17.7 Å². The van der Waals surface area contributed by atoms with E-state index in [-0.39, 0.29) is 18.1 Å². The zero-order valence-corrected chi connectivity index (χ0v) is 15.6. The summed E-state index contributed by atoms with van der Waals surface area (Å²) >= 11 is 6.23. The average Bonchev–Trinajstić information content (AvgIpc) is 3.24. The van der Waals surface area contributed by atoms with Gasteiger partial charge in [0, 0.05) is 11.6 Å². The highest BCUT2D eigenvalue weighted by Crippen LogP contribution is 2.46. The number of rotatable bonds is 4. The largest absolute Gasteiger partial charge is 0.497 e. The molecule has 2 aromatic carbocycles. The van der Waals surface area contributed by atoms with Crippen molar-refractivity contribution < 1.29 is 14.3 Å². The fraction of sp³-hybridized carbons (Fsp3) is 0.350. The molecule has 0 aliphatic carbocycles. The Hall–Kier alpha value is -2.24. The summed E-state index contributed by atoms with van der Waals surface area (Å²) in [4.78, 5) is 17.3. The first-order chi connectivity index (χ1) is 12.6. The third-order valence-corrected chi connectivity index (χ3v) is 5.40. The van der Waals surface area contributed by atoms with Crippen LogP contribution in [-0.4, -0.2) is 37.6 Å². The highest BCUT2D eigenvalue weighted by molar-refractivity contribution is 6.31. The molecule has 2 fully saturated rings. The third kappa shape index (κ3) is 2.72. The molecule has 5 nitrogen and oxygen atoms in total. The highest BCUT2D eigenvalue weighted by Gasteiger charge is 2.50. The van der Waals surface area contributed by atoms with Crippen LogP contribution in [-0.2, 0) is 4.79 Å². The SMILES string of the molecule is COc1cccc([C@H]2N(c3cc(Cl)ccc3OC)C(=O)[C@@H]3CCCN32)c1. The van der Waals surface area contributed by atoms with E-state index in [1.54, 1.807) is 32.4 Å². The lowest BCUT2D eigenvalue weighted by Crippen LogP contribution is -2.32. The first-order valence-corrected chi connectivity index (χ1v) is 9.08. The molecule has 2 saturated heterocycles. The van der Waals surface area contributed by atoms with E-state index in [9.17, 15) is 4.79 Å². The summed E-state index contributed by atoms with van der Waals surface area (Å²) in [6.45, 7) is 0.887. The van der Waals surface area contributed by atoms with Crippen molar-refractivity contribution in [1.29, 1.82) is 0 Å². The Morgan fingerprint density at radius 3 is 2.73 bits per heavy atom. The van der Waals surface area contributed by atoms with Crippen LogP contribution in [0.5, 0.6) is 11.5 Å². The van der Waals surface area contributed by atoms with Crippen LogP contribution in [0.25, 0.3) is 0 Å². The first kappa shape index (κ1) is 17.2. The summed E-state index contributed by atoms with van der Waals surface area (Å²) in [5.41, 5.74) is 1.72. The van der Waals surface area contributed by atoms with E-state index in [0.29, 0.717) is 16.5 Å². The number of anilines is 1. The van der Waals surface area contributed by atoms with Crippen LogP contribution >= 0.6 is 11.6 Å². The predicted molar refractivity (Wildman–Crippen MR) is 101 cm³/mol. The molecule has 0 bridgehead atoms. The maximum absolute atomic E-state index is 13.3. The van der Waals surface area contributed by atoms with E-state index in [2.05, 4.69) is 4.90 Å². The molecule has 2 aromatic rings. The van der Waals surface area contributed by atoms with E-state index < -0.39 is 0 Å². The molecule has 26 heavy (non-hydrogen) atoms. The smallest absolute Gasteiger partial charge is 0.246 e. The van der Waals surface area contributed by atoms with E-state index in [0.717, 1.165) is 30.7 Å². The van der Waals surface area contributed by atoms with Gasteiger partial charge in [0.05, 0.1) is 25.9 Å². The molecule has 6 heteroatoms. The molecule has 1 amide bonds. The number of amides is 1. The fourth-order valence-electron chi connectivity index (χ4n) is 4.02. The van der Waals surface area contributed by atoms with Gasteiger partial charge < -0.3 is 9.47 Å². The van der Waals surface area contributed by atoms with Gasteiger partial charge in [-0.15, -0.1) is 0 Å². The van der Waals surface area contributed by atoms with E-state index in [1.807, 2.05) is 29.2 Å². The summed E-state index contributed by atoms with van der Waals surface area (Å²) < 4.78 is 10.9. The monoisotopic (exact) mass is 372 g/mol. The lowest BCUT2D eigenvalue weighted by atomic mass is 10.1. The van der Waals surface area contributed by atoms with Gasteiger partial charge in [-0.2, -0.15) is 0 Å². The normalized spacial score (nSPS) is 22.6. The topological polar surface area (TPSA) is 42.0 Å². The molecule has 0 saturated carbocycles. The molecule has 0 spiro atoms. The molecule has 0 unspecified atom stereocenters. The summed E-state index contributed by atoms with van der Waals surface area (Å²) in [7, 11) is 3.25. The molecule has 0 aromatic heterocycles. The van der Waals surface area contributed by atoms with Crippen molar-refractivity contribution in [3.8, 4) is 11.5 Å². The number of hydrogen-bond donors (Lipinski definition) is 0. The minimum atomic E-state index is -0.197. The van der Waals surface area contributed by atoms with Crippen molar-refractivity contribution in [3.05, 3.63) is 53.1 Å². The van der Waals surface area contributed by atoms with Crippen LogP contribution in [0.15, 0.2) is 42.5 Å². The molecular weight excluding hydrogens is 352 g/mol. The van der Waals surface area contributed by atoms with Crippen molar-refractivity contribution in [2.24, 2.45) is 0 Å². The highest BCUT2D eigenvalue weighted by atomic mass is 35.5. The Morgan fingerprint density at radius 2 is 1.96 bits per heavy atom. The summed E-state index contributed by atoms with van der Waals surface area (Å²) in [6, 6.07) is 13.2. The molecule has 2 atom stereocenters. The number of benzene rings is 2. The number of carbonyl (C=O) groups is 1. The van der Waals surface area contributed by atoms with Crippen LogP contribution < -0.4 is 14.4 Å². The second-order valence-electron chi connectivity index (χ2n) is 6.57. The molecule has 0 radical (unpaired) electrons. The van der Waals surface area contributed by atoms with Crippen LogP contribution in [0, 0.1) is 0 Å². The number of ether oxygens (including phenoxy) is 2. The Kier molecular flexibility index (Phi) is 4.51. The lowest BCUT2D eigenvalue weighted by molar-refractivity contribution is -0.119. The molecule has 2 aliphatic rings. The minimum absolute atomic E-state index is 0.0934. The summed E-state index contributed by atoms with van der Waals surface area (Å²) in [5, 5.41) is 0.574. The Labute approximate surface area is 158 Å². The third-order valence-electron chi connectivity index (χ3n) is 5.17. The average molecular weight is 373 g/mol. The van der Waals surface area contributed by atoms with Crippen molar-refractivity contribution in [2.75, 3.05) is 25.7 Å². The summed E-state index contributed by atoms with van der Waals surface area (Å²) in [6.07, 6.45) is 1.70. The quantitative estimate of drug-likeness (QED) is 0.817. The van der Waals surface area contributed by atoms with Crippen molar-refractivity contribution in [3.63, 3.8) is 0 Å². The molecule has 0 N–H and O–H groups in total. The second-order valence-corrected chi connectivity index (χ2v) is 7.01. The van der Waals surface area contributed by atoms with Gasteiger partial charge in [-0.3, -0.25) is 14.6 Å². The zero-order valence-electron chi connectivity index (χ0n) is 14.8. The van der Waals surface area contributed by atoms with Gasteiger partial charge in [0.25, 0.3) is 0 Å². The van der Waals surface area contributed by atoms with E-state index in [1.165, 1.54) is 0 Å². The maximum atomic E-state index is 13.3. The second kappa shape index (κ2) is 6.82. The lowest BCUT2D eigenvalue weighted by Gasteiger charge is -2.30. The number of methoxy groups -OCH3 is 2. The molecular formula is C20H21ClN2O3. The van der Waals surface area contributed by atoms with Gasteiger partial charge in [0.2, 0.25) is 5.91 Å². The van der Waals surface area contributed by atoms with E-state index >= 15 is 0 Å². The number of carbonyl (C=O) groups excluding carboxylic acids is 1. The van der Waals surface area contributed by atoms with Crippen molar-refractivity contribution >= 4 is 23.2 Å². The standard InChI is InChI=1S/C20H21ClN2O3/c1-25-15-6-3-5-13(11-15)19-22-10-4-7-16(22)20(24)23(19)17-12-14(21)8-9-18(17)26-2/h3,5-6,8-9,11-12,16,19H,4,7,10H2,1-2H3/t16-,19+/m0/s1.